The molecule has 8 unspecified atom stereocenters. The average Bonchev–Trinajstić information content (AvgIpc) is 3.38. The standard InChI is InChI=1S/C75H131NO10/c1-4-7-10-13-16-19-22-25-27-29-31-33-34-35-37-38-40-42-44-47-50-53-56-59-62-68(79)74(83)76-66(67(78)61-58-55-52-49-46-24-21-18-15-12-9-6-3)65-84-75-73(72(82)71(81)69(64-77)85-75)86-70(80)63-60-57-54-51-48-45-43-41-39-36-32-30-28-26-23-20-17-14-11-8-5-2/h8,11,16-17,19-20,25-28,32,36,41,43,58,61,66-69,71-73,75,77-79,81-82H,4-7,9-10,12-15,18,21-24,29-31,33-35,37-40,42,44-57,59-60,62-65H2,1-3H3,(H,76,83)/b11-8-,19-16-,20-17-,27-25-,28-26-,36-32-,43-41-,61-58+. The molecule has 0 aromatic carbocycles. The second-order valence-electron chi connectivity index (χ2n) is 24.2. The van der Waals surface area contributed by atoms with Crippen LogP contribution < -0.4 is 5.32 Å². The number of aliphatic hydroxyl groups is 5. The Hall–Kier alpha value is -3.42. The number of carbonyl (C=O) groups excluding carboxylic acids is 2. The van der Waals surface area contributed by atoms with E-state index >= 15 is 0 Å². The van der Waals surface area contributed by atoms with Gasteiger partial charge in [-0.3, -0.25) is 9.59 Å². The van der Waals surface area contributed by atoms with Gasteiger partial charge < -0.3 is 45.1 Å². The monoisotopic (exact) mass is 1210 g/mol. The summed E-state index contributed by atoms with van der Waals surface area (Å²) >= 11 is 0. The van der Waals surface area contributed by atoms with E-state index < -0.39 is 67.4 Å². The van der Waals surface area contributed by atoms with E-state index in [2.05, 4.69) is 111 Å². The van der Waals surface area contributed by atoms with Gasteiger partial charge in [-0.1, -0.05) is 291 Å². The number of unbranched alkanes of at least 4 members (excludes halogenated alkanes) is 32. The molecule has 0 spiro atoms. The Morgan fingerprint density at radius 2 is 0.837 bits per heavy atom. The van der Waals surface area contributed by atoms with Gasteiger partial charge in [0.2, 0.25) is 5.91 Å². The van der Waals surface area contributed by atoms with Crippen LogP contribution in [0.3, 0.4) is 0 Å². The fourth-order valence-electron chi connectivity index (χ4n) is 10.7. The van der Waals surface area contributed by atoms with Gasteiger partial charge in [-0.2, -0.15) is 0 Å². The predicted molar refractivity (Wildman–Crippen MR) is 361 cm³/mol. The number of esters is 1. The van der Waals surface area contributed by atoms with Gasteiger partial charge in [0.05, 0.1) is 25.4 Å². The quantitative estimate of drug-likeness (QED) is 0.0195. The van der Waals surface area contributed by atoms with Crippen LogP contribution in [0.15, 0.2) is 97.2 Å². The number of rotatable bonds is 60. The van der Waals surface area contributed by atoms with Crippen molar-refractivity contribution >= 4 is 11.9 Å². The summed E-state index contributed by atoms with van der Waals surface area (Å²) in [5.41, 5.74) is 0. The van der Waals surface area contributed by atoms with E-state index in [9.17, 15) is 35.1 Å². The van der Waals surface area contributed by atoms with Gasteiger partial charge in [0.15, 0.2) is 12.4 Å². The third-order valence-corrected chi connectivity index (χ3v) is 16.2. The van der Waals surface area contributed by atoms with Crippen LogP contribution >= 0.6 is 0 Å². The van der Waals surface area contributed by atoms with Crippen molar-refractivity contribution in [1.29, 1.82) is 0 Å². The molecule has 11 nitrogen and oxygen atoms in total. The first-order chi connectivity index (χ1) is 42.2. The van der Waals surface area contributed by atoms with Crippen LogP contribution in [0.2, 0.25) is 0 Å². The molecule has 0 aromatic rings. The van der Waals surface area contributed by atoms with E-state index in [4.69, 9.17) is 14.2 Å². The molecule has 496 valence electrons. The molecule has 8 atom stereocenters. The Morgan fingerprint density at radius 1 is 0.465 bits per heavy atom. The number of hydrogen-bond donors (Lipinski definition) is 6. The van der Waals surface area contributed by atoms with Crippen molar-refractivity contribution < 1.29 is 49.3 Å². The van der Waals surface area contributed by atoms with E-state index in [1.54, 1.807) is 6.08 Å². The molecule has 1 heterocycles. The Bertz CT molecular complexity index is 1770. The summed E-state index contributed by atoms with van der Waals surface area (Å²) in [5, 5.41) is 57.2. The highest BCUT2D eigenvalue weighted by Crippen LogP contribution is 2.26. The zero-order valence-electron chi connectivity index (χ0n) is 55.2. The minimum absolute atomic E-state index is 0.0980. The number of amides is 1. The fourth-order valence-corrected chi connectivity index (χ4v) is 10.7. The maximum absolute atomic E-state index is 13.5. The first-order valence-electron chi connectivity index (χ1n) is 35.5. The highest BCUT2D eigenvalue weighted by Gasteiger charge is 2.47. The maximum atomic E-state index is 13.5. The number of ether oxygens (including phenoxy) is 3. The van der Waals surface area contributed by atoms with Gasteiger partial charge >= 0.3 is 5.97 Å². The van der Waals surface area contributed by atoms with E-state index in [0.29, 0.717) is 12.8 Å². The Morgan fingerprint density at radius 3 is 1.28 bits per heavy atom. The highest BCUT2D eigenvalue weighted by atomic mass is 16.7. The van der Waals surface area contributed by atoms with Crippen molar-refractivity contribution in [3.8, 4) is 0 Å². The van der Waals surface area contributed by atoms with Gasteiger partial charge in [0.1, 0.15) is 24.4 Å². The molecular formula is C75H131NO10. The molecule has 1 amide bonds. The minimum atomic E-state index is -1.63. The van der Waals surface area contributed by atoms with Gasteiger partial charge in [-0.15, -0.1) is 0 Å². The Balaban J connectivity index is 2.59. The van der Waals surface area contributed by atoms with Crippen molar-refractivity contribution in [3.05, 3.63) is 97.2 Å². The van der Waals surface area contributed by atoms with Crippen molar-refractivity contribution in [3.63, 3.8) is 0 Å². The average molecular weight is 1210 g/mol. The lowest BCUT2D eigenvalue weighted by Gasteiger charge is -2.41. The van der Waals surface area contributed by atoms with Gasteiger partial charge in [0, 0.05) is 6.42 Å². The molecule has 0 bridgehead atoms. The summed E-state index contributed by atoms with van der Waals surface area (Å²) in [6.45, 7) is 5.66. The highest BCUT2D eigenvalue weighted by molar-refractivity contribution is 5.80. The van der Waals surface area contributed by atoms with Crippen LogP contribution in [0.1, 0.15) is 303 Å². The zero-order valence-corrected chi connectivity index (χ0v) is 55.2. The zero-order chi connectivity index (χ0) is 62.4. The second kappa shape index (κ2) is 61.8. The van der Waals surface area contributed by atoms with Crippen LogP contribution in [-0.2, 0) is 23.8 Å². The van der Waals surface area contributed by atoms with E-state index in [0.717, 1.165) is 109 Å². The number of hydrogen-bond acceptors (Lipinski definition) is 10. The molecule has 6 N–H and O–H groups in total. The third kappa shape index (κ3) is 48.5. The Labute approximate surface area is 526 Å². The molecular weight excluding hydrogens is 1070 g/mol. The molecule has 1 fully saturated rings. The smallest absolute Gasteiger partial charge is 0.306 e. The number of carbonyl (C=O) groups is 2. The summed E-state index contributed by atoms with van der Waals surface area (Å²) in [5.74, 6) is -1.21. The van der Waals surface area contributed by atoms with Crippen LogP contribution in [0, 0.1) is 0 Å². The lowest BCUT2D eigenvalue weighted by atomic mass is 9.99. The summed E-state index contributed by atoms with van der Waals surface area (Å²) in [6.07, 6.45) is 73.0. The largest absolute Gasteiger partial charge is 0.454 e. The van der Waals surface area contributed by atoms with Gasteiger partial charge in [0.25, 0.3) is 0 Å². The van der Waals surface area contributed by atoms with E-state index in [-0.39, 0.29) is 19.4 Å². The SMILES string of the molecule is CC/C=C\C/C=C\C/C=C\C/C=C\C/C=C\CCCCCCCC(=O)OC1C(OCC(NC(=O)C(O)CCCCCCCCCCCCCCCC/C=C\C/C=C\CCCCC)C(O)/C=C/CCCCCCCCCCCC)OC(CO)C(O)C1O. The molecule has 0 aliphatic carbocycles. The lowest BCUT2D eigenvalue weighted by molar-refractivity contribution is -0.305. The van der Waals surface area contributed by atoms with Crippen molar-refractivity contribution in [2.75, 3.05) is 13.2 Å². The Kier molecular flexibility index (Phi) is 57.9. The first kappa shape index (κ1) is 80.6. The van der Waals surface area contributed by atoms with E-state index in [1.165, 1.54) is 148 Å². The first-order valence-corrected chi connectivity index (χ1v) is 35.5. The normalized spacial score (nSPS) is 18.9. The second-order valence-corrected chi connectivity index (χ2v) is 24.2. The molecule has 1 aliphatic rings. The number of allylic oxidation sites excluding steroid dienone is 15. The van der Waals surface area contributed by atoms with Gasteiger partial charge in [-0.05, 0) is 103 Å². The molecule has 1 aliphatic heterocycles. The minimum Gasteiger partial charge on any atom is -0.454 e. The number of aliphatic hydroxyl groups excluding tert-OH is 5. The van der Waals surface area contributed by atoms with Crippen LogP contribution in [0.25, 0.3) is 0 Å². The molecule has 1 saturated heterocycles. The molecule has 11 heteroatoms. The molecule has 86 heavy (non-hydrogen) atoms. The number of nitrogens with one attached hydrogen (secondary N) is 1. The van der Waals surface area contributed by atoms with Crippen molar-refractivity contribution in [2.45, 2.75) is 352 Å². The molecule has 0 saturated carbocycles. The molecule has 0 radical (unpaired) electrons. The van der Waals surface area contributed by atoms with Crippen LogP contribution in [0.5, 0.6) is 0 Å². The summed E-state index contributed by atoms with van der Waals surface area (Å²) in [4.78, 5) is 26.7. The predicted octanol–water partition coefficient (Wildman–Crippen LogP) is 18.2. The summed E-state index contributed by atoms with van der Waals surface area (Å²) in [7, 11) is 0. The summed E-state index contributed by atoms with van der Waals surface area (Å²) < 4.78 is 17.7. The van der Waals surface area contributed by atoms with Crippen molar-refractivity contribution in [1.82, 2.24) is 5.32 Å². The molecule has 0 aromatic heterocycles. The molecule has 1 rings (SSSR count). The fraction of sp³-hybridized carbons (Fsp3) is 0.760. The van der Waals surface area contributed by atoms with Crippen LogP contribution in [-0.4, -0.2) is 99.6 Å². The lowest BCUT2D eigenvalue weighted by Crippen LogP contribution is -2.61. The van der Waals surface area contributed by atoms with E-state index in [1.807, 2.05) is 6.08 Å². The van der Waals surface area contributed by atoms with Crippen LogP contribution in [0.4, 0.5) is 0 Å². The third-order valence-electron chi connectivity index (χ3n) is 16.2. The van der Waals surface area contributed by atoms with Crippen molar-refractivity contribution in [2.24, 2.45) is 0 Å². The van der Waals surface area contributed by atoms with Gasteiger partial charge in [-0.25, -0.2) is 0 Å². The maximum Gasteiger partial charge on any atom is 0.306 e. The topological polar surface area (TPSA) is 175 Å². The summed E-state index contributed by atoms with van der Waals surface area (Å²) in [6, 6.07) is -1.03.